The lowest BCUT2D eigenvalue weighted by Crippen LogP contribution is -2.46. The number of carboxylic acid groups (broad SMARTS) is 2. The highest BCUT2D eigenvalue weighted by atomic mass is 16.5. The number of anilines is 1. The molecule has 0 radical (unpaired) electrons. The van der Waals surface area contributed by atoms with E-state index >= 15 is 0 Å². The Balaban J connectivity index is 1.24. The van der Waals surface area contributed by atoms with Crippen molar-refractivity contribution in [1.82, 2.24) is 4.90 Å². The first-order chi connectivity index (χ1) is 21.4. The Bertz CT molecular complexity index is 1320. The van der Waals surface area contributed by atoms with Crippen LogP contribution in [0.15, 0.2) is 72.8 Å². The van der Waals surface area contributed by atoms with E-state index in [1.165, 1.54) is 5.56 Å². The fraction of sp³-hybridized carbons (Fsp3) is 0.444. The van der Waals surface area contributed by atoms with Gasteiger partial charge in [0.25, 0.3) is 0 Å². The number of hydrogen-bond acceptors (Lipinski definition) is 6. The van der Waals surface area contributed by atoms with Gasteiger partial charge in [0.05, 0.1) is 25.0 Å². The third kappa shape index (κ3) is 10.3. The van der Waals surface area contributed by atoms with Crippen LogP contribution < -0.4 is 14.4 Å². The Kier molecular flexibility index (Phi) is 12.9. The zero-order valence-electron chi connectivity index (χ0n) is 25.8. The molecule has 8 nitrogen and oxygen atoms in total. The molecule has 1 saturated heterocycles. The van der Waals surface area contributed by atoms with Crippen LogP contribution in [0.3, 0.4) is 0 Å². The number of aromatic carboxylic acids is 1. The van der Waals surface area contributed by atoms with Gasteiger partial charge in [0.15, 0.2) is 0 Å². The van der Waals surface area contributed by atoms with Crippen molar-refractivity contribution in [2.75, 3.05) is 51.3 Å². The van der Waals surface area contributed by atoms with Crippen molar-refractivity contribution >= 4 is 17.6 Å². The van der Waals surface area contributed by atoms with E-state index in [1.807, 2.05) is 36.4 Å². The van der Waals surface area contributed by atoms with Crippen molar-refractivity contribution in [3.05, 3.63) is 89.5 Å². The highest BCUT2D eigenvalue weighted by Gasteiger charge is 2.19. The van der Waals surface area contributed by atoms with Crippen molar-refractivity contribution in [3.63, 3.8) is 0 Å². The summed E-state index contributed by atoms with van der Waals surface area (Å²) in [7, 11) is 1.72. The van der Waals surface area contributed by atoms with Gasteiger partial charge in [-0.15, -0.1) is 0 Å². The molecule has 0 bridgehead atoms. The van der Waals surface area contributed by atoms with Gasteiger partial charge < -0.3 is 24.6 Å². The molecule has 44 heavy (non-hydrogen) atoms. The molecular formula is C36H46N2O6. The monoisotopic (exact) mass is 602 g/mol. The lowest BCUT2D eigenvalue weighted by Gasteiger charge is -2.36. The maximum atomic E-state index is 11.2. The molecule has 0 amide bonds. The van der Waals surface area contributed by atoms with Crippen LogP contribution in [0.2, 0.25) is 0 Å². The van der Waals surface area contributed by atoms with Gasteiger partial charge in [-0.2, -0.15) is 0 Å². The molecule has 8 heteroatoms. The highest BCUT2D eigenvalue weighted by molar-refractivity contribution is 5.87. The van der Waals surface area contributed by atoms with E-state index in [0.29, 0.717) is 18.9 Å². The first kappa shape index (κ1) is 32.9. The van der Waals surface area contributed by atoms with E-state index < -0.39 is 11.9 Å². The minimum Gasteiger partial charge on any atom is -0.495 e. The standard InChI is InChI=1S/C36H46N2O6/c1-43-34-13-6-4-11-32(34)38-24-22-37(23-25-38)21-8-26-44-33-12-5-3-10-30(33)18-15-28(9-2-7-14-35(39)40)27-29-16-19-31(20-17-29)36(41)42/h3-6,10-13,16-17,19-20,28H,2,7-9,14-15,18,21-27H2,1H3,(H,39,40)(H,41,42). The average Bonchev–Trinajstić information content (AvgIpc) is 3.04. The number of rotatable bonds is 18. The van der Waals surface area contributed by atoms with Crippen molar-refractivity contribution in [2.24, 2.45) is 5.92 Å². The fourth-order valence-corrected chi connectivity index (χ4v) is 5.96. The molecule has 0 aromatic heterocycles. The number of para-hydroxylation sites is 3. The van der Waals surface area contributed by atoms with Gasteiger partial charge in [-0.25, -0.2) is 4.79 Å². The van der Waals surface area contributed by atoms with Gasteiger partial charge in [-0.1, -0.05) is 55.3 Å². The third-order valence-corrected chi connectivity index (χ3v) is 8.45. The normalized spacial score (nSPS) is 14.2. The predicted octanol–water partition coefficient (Wildman–Crippen LogP) is 6.42. The minimum absolute atomic E-state index is 0.189. The lowest BCUT2D eigenvalue weighted by atomic mass is 9.88. The first-order valence-electron chi connectivity index (χ1n) is 15.8. The van der Waals surface area contributed by atoms with Gasteiger partial charge in [-0.05, 0) is 79.5 Å². The van der Waals surface area contributed by atoms with Crippen molar-refractivity contribution in [2.45, 2.75) is 51.4 Å². The van der Waals surface area contributed by atoms with Crippen LogP contribution in [0.25, 0.3) is 0 Å². The first-order valence-corrected chi connectivity index (χ1v) is 15.8. The molecule has 4 rings (SSSR count). The van der Waals surface area contributed by atoms with Gasteiger partial charge in [0.1, 0.15) is 11.5 Å². The molecule has 0 spiro atoms. The van der Waals surface area contributed by atoms with Crippen molar-refractivity contribution in [1.29, 1.82) is 0 Å². The minimum atomic E-state index is -0.926. The molecule has 1 unspecified atom stereocenters. The number of unbranched alkanes of at least 4 members (excludes halogenated alkanes) is 1. The number of aryl methyl sites for hydroxylation is 1. The van der Waals surface area contributed by atoms with E-state index in [9.17, 15) is 14.7 Å². The summed E-state index contributed by atoms with van der Waals surface area (Å²) in [5.74, 6) is 0.537. The smallest absolute Gasteiger partial charge is 0.335 e. The summed E-state index contributed by atoms with van der Waals surface area (Å²) >= 11 is 0. The Labute approximate surface area is 261 Å². The molecule has 236 valence electrons. The summed E-state index contributed by atoms with van der Waals surface area (Å²) in [4.78, 5) is 27.1. The van der Waals surface area contributed by atoms with Crippen LogP contribution in [0.5, 0.6) is 11.5 Å². The fourth-order valence-electron chi connectivity index (χ4n) is 5.96. The lowest BCUT2D eigenvalue weighted by molar-refractivity contribution is -0.137. The number of hydrogen-bond donors (Lipinski definition) is 2. The quantitative estimate of drug-likeness (QED) is 0.161. The zero-order chi connectivity index (χ0) is 31.1. The number of ether oxygens (including phenoxy) is 2. The summed E-state index contributed by atoms with van der Waals surface area (Å²) in [6.45, 7) is 5.65. The number of carboxylic acids is 2. The molecule has 1 fully saturated rings. The molecular weight excluding hydrogens is 556 g/mol. The SMILES string of the molecule is COc1ccccc1N1CCN(CCCOc2ccccc2CCC(CCCCC(=O)O)Cc2ccc(C(=O)O)cc2)CC1. The number of carbonyl (C=O) groups is 2. The molecule has 1 aliphatic rings. The third-order valence-electron chi connectivity index (χ3n) is 8.45. The largest absolute Gasteiger partial charge is 0.495 e. The Morgan fingerprint density at radius 1 is 0.818 bits per heavy atom. The zero-order valence-corrected chi connectivity index (χ0v) is 25.8. The van der Waals surface area contributed by atoms with E-state index in [1.54, 1.807) is 19.2 Å². The number of nitrogens with zero attached hydrogens (tertiary/aromatic N) is 2. The van der Waals surface area contributed by atoms with E-state index in [-0.39, 0.29) is 12.0 Å². The van der Waals surface area contributed by atoms with Crippen LogP contribution in [0.4, 0.5) is 5.69 Å². The maximum Gasteiger partial charge on any atom is 0.335 e. The average molecular weight is 603 g/mol. The number of methoxy groups -OCH3 is 1. The van der Waals surface area contributed by atoms with Gasteiger partial charge in [0.2, 0.25) is 0 Å². The Hall–Kier alpha value is -4.04. The van der Waals surface area contributed by atoms with Crippen molar-refractivity contribution in [3.8, 4) is 11.5 Å². The van der Waals surface area contributed by atoms with Gasteiger partial charge in [-0.3, -0.25) is 9.69 Å². The summed E-state index contributed by atoms with van der Waals surface area (Å²) < 4.78 is 11.8. The topological polar surface area (TPSA) is 99.5 Å². The molecule has 2 N–H and O–H groups in total. The maximum absolute atomic E-state index is 11.2. The molecule has 0 aliphatic carbocycles. The second-order valence-corrected chi connectivity index (χ2v) is 11.6. The van der Waals surface area contributed by atoms with Crippen LogP contribution in [-0.2, 0) is 17.6 Å². The van der Waals surface area contributed by atoms with Crippen LogP contribution >= 0.6 is 0 Å². The second-order valence-electron chi connectivity index (χ2n) is 11.6. The predicted molar refractivity (Wildman–Crippen MR) is 173 cm³/mol. The van der Waals surface area contributed by atoms with Gasteiger partial charge in [0, 0.05) is 39.1 Å². The van der Waals surface area contributed by atoms with E-state index in [4.69, 9.17) is 14.6 Å². The molecule has 1 heterocycles. The van der Waals surface area contributed by atoms with Gasteiger partial charge >= 0.3 is 11.9 Å². The highest BCUT2D eigenvalue weighted by Crippen LogP contribution is 2.29. The summed E-state index contributed by atoms with van der Waals surface area (Å²) in [6, 6.07) is 23.6. The van der Waals surface area contributed by atoms with E-state index in [2.05, 4.69) is 34.1 Å². The Morgan fingerprint density at radius 3 is 2.23 bits per heavy atom. The molecule has 3 aromatic carbocycles. The number of piperazine rings is 1. The van der Waals surface area contributed by atoms with E-state index in [0.717, 1.165) is 94.0 Å². The summed E-state index contributed by atoms with van der Waals surface area (Å²) in [5, 5.41) is 18.3. The van der Waals surface area contributed by atoms with Crippen LogP contribution in [0, 0.1) is 5.92 Å². The van der Waals surface area contributed by atoms with Crippen LogP contribution in [-0.4, -0.2) is 73.5 Å². The molecule has 1 aliphatic heterocycles. The van der Waals surface area contributed by atoms with Crippen molar-refractivity contribution < 1.29 is 29.3 Å². The molecule has 1 atom stereocenters. The number of benzene rings is 3. The van der Waals surface area contributed by atoms with Crippen LogP contribution in [0.1, 0.15) is 60.0 Å². The Morgan fingerprint density at radius 2 is 1.52 bits per heavy atom. The summed E-state index contributed by atoms with van der Waals surface area (Å²) in [5.41, 5.74) is 3.74. The number of aliphatic carboxylic acids is 1. The molecule has 3 aromatic rings. The second kappa shape index (κ2) is 17.3. The summed E-state index contributed by atoms with van der Waals surface area (Å²) in [6.07, 6.45) is 6.26. The molecule has 0 saturated carbocycles.